The van der Waals surface area contributed by atoms with Gasteiger partial charge in [-0.25, -0.2) is 4.39 Å². The Kier molecular flexibility index (Phi) is 6.13. The number of rotatable bonds is 7. The van der Waals surface area contributed by atoms with Gasteiger partial charge in [0, 0.05) is 11.6 Å². The maximum atomic E-state index is 13.4. The number of halogens is 1. The van der Waals surface area contributed by atoms with E-state index < -0.39 is 0 Å². The zero-order valence-corrected chi connectivity index (χ0v) is 11.6. The molecule has 0 fully saturated rings. The van der Waals surface area contributed by atoms with Gasteiger partial charge in [-0.3, -0.25) is 0 Å². The summed E-state index contributed by atoms with van der Waals surface area (Å²) >= 11 is 0. The van der Waals surface area contributed by atoms with Crippen LogP contribution in [-0.4, -0.2) is 7.11 Å². The fourth-order valence-corrected chi connectivity index (χ4v) is 2.32. The molecule has 1 aromatic carbocycles. The first-order valence-corrected chi connectivity index (χ1v) is 6.73. The fraction of sp³-hybridized carbons (Fsp3) is 0.600. The molecule has 0 spiro atoms. The lowest BCUT2D eigenvalue weighted by molar-refractivity contribution is 0.355. The summed E-state index contributed by atoms with van der Waals surface area (Å²) in [7, 11) is 1.59. The molecule has 2 nitrogen and oxygen atoms in total. The highest BCUT2D eigenvalue weighted by Crippen LogP contribution is 2.33. The molecule has 0 saturated heterocycles. The number of hydrogen-bond acceptors (Lipinski definition) is 2. The Morgan fingerprint density at radius 1 is 1.33 bits per heavy atom. The van der Waals surface area contributed by atoms with Crippen molar-refractivity contribution in [3.05, 3.63) is 29.6 Å². The lowest BCUT2D eigenvalue weighted by atomic mass is 9.87. The molecular weight excluding hydrogens is 229 g/mol. The predicted octanol–water partition coefficient (Wildman–Crippen LogP) is 4.05. The van der Waals surface area contributed by atoms with Gasteiger partial charge in [0.15, 0.2) is 0 Å². The van der Waals surface area contributed by atoms with Gasteiger partial charge in [0.25, 0.3) is 0 Å². The molecule has 0 aliphatic carbocycles. The summed E-state index contributed by atoms with van der Waals surface area (Å²) in [6.45, 7) is 4.30. The Hall–Kier alpha value is -1.09. The molecule has 0 aliphatic rings. The minimum absolute atomic E-state index is 0.160. The second kappa shape index (κ2) is 7.37. The van der Waals surface area contributed by atoms with Crippen molar-refractivity contribution in [2.75, 3.05) is 7.11 Å². The molecule has 0 amide bonds. The number of methoxy groups -OCH3 is 1. The average molecular weight is 253 g/mol. The zero-order chi connectivity index (χ0) is 13.5. The van der Waals surface area contributed by atoms with E-state index in [0.717, 1.165) is 31.2 Å². The molecule has 0 radical (unpaired) electrons. The number of nitrogens with two attached hydrogens (primary N) is 1. The number of hydrogen-bond donors (Lipinski definition) is 1. The lowest BCUT2D eigenvalue weighted by Gasteiger charge is -2.24. The first kappa shape index (κ1) is 15.0. The fourth-order valence-electron chi connectivity index (χ4n) is 2.32. The van der Waals surface area contributed by atoms with Crippen molar-refractivity contribution in [1.82, 2.24) is 0 Å². The van der Waals surface area contributed by atoms with Gasteiger partial charge >= 0.3 is 0 Å². The molecule has 0 aliphatic heterocycles. The Bertz CT molecular complexity index is 368. The van der Waals surface area contributed by atoms with Crippen LogP contribution in [-0.2, 0) is 0 Å². The van der Waals surface area contributed by atoms with Gasteiger partial charge in [-0.1, -0.05) is 33.1 Å². The number of benzene rings is 1. The second-order valence-corrected chi connectivity index (χ2v) is 4.72. The maximum Gasteiger partial charge on any atom is 0.123 e. The van der Waals surface area contributed by atoms with E-state index in [4.69, 9.17) is 10.5 Å². The summed E-state index contributed by atoms with van der Waals surface area (Å²) in [5, 5.41) is 0. The first-order valence-electron chi connectivity index (χ1n) is 6.73. The van der Waals surface area contributed by atoms with Gasteiger partial charge in [0.2, 0.25) is 0 Å². The third kappa shape index (κ3) is 3.70. The van der Waals surface area contributed by atoms with Crippen LogP contribution in [0.2, 0.25) is 0 Å². The molecule has 2 atom stereocenters. The van der Waals surface area contributed by atoms with Gasteiger partial charge in [0.05, 0.1) is 7.11 Å². The van der Waals surface area contributed by atoms with E-state index in [1.165, 1.54) is 12.1 Å². The summed E-state index contributed by atoms with van der Waals surface area (Å²) in [5.74, 6) is 0.797. The minimum Gasteiger partial charge on any atom is -0.496 e. The molecule has 0 heterocycles. The van der Waals surface area contributed by atoms with Crippen LogP contribution in [0.5, 0.6) is 5.75 Å². The molecule has 3 heteroatoms. The number of ether oxygens (including phenoxy) is 1. The molecule has 1 rings (SSSR count). The molecular formula is C15H24FNO. The van der Waals surface area contributed by atoms with Crippen molar-refractivity contribution in [1.29, 1.82) is 0 Å². The Balaban J connectivity index is 2.92. The van der Waals surface area contributed by atoms with E-state index in [1.807, 2.05) is 0 Å². The van der Waals surface area contributed by atoms with Gasteiger partial charge < -0.3 is 10.5 Å². The van der Waals surface area contributed by atoms with Crippen molar-refractivity contribution in [3.63, 3.8) is 0 Å². The summed E-state index contributed by atoms with van der Waals surface area (Å²) < 4.78 is 18.6. The lowest BCUT2D eigenvalue weighted by Crippen LogP contribution is -2.22. The van der Waals surface area contributed by atoms with Crippen LogP contribution >= 0.6 is 0 Å². The van der Waals surface area contributed by atoms with E-state index in [1.54, 1.807) is 13.2 Å². The third-order valence-corrected chi connectivity index (χ3v) is 3.51. The molecule has 0 saturated carbocycles. The Morgan fingerprint density at radius 2 is 2.06 bits per heavy atom. The molecule has 2 unspecified atom stereocenters. The van der Waals surface area contributed by atoms with E-state index in [0.29, 0.717) is 11.7 Å². The highest BCUT2D eigenvalue weighted by atomic mass is 19.1. The van der Waals surface area contributed by atoms with E-state index in [2.05, 4.69) is 13.8 Å². The standard InChI is InChI=1S/C15H24FNO/c1-4-6-7-11(5-2)15(17)13-10-12(16)8-9-14(13)18-3/h8-11,15H,4-7,17H2,1-3H3. The predicted molar refractivity (Wildman–Crippen MR) is 73.2 cm³/mol. The normalized spacial score (nSPS) is 14.3. The Morgan fingerprint density at radius 3 is 2.61 bits per heavy atom. The summed E-state index contributed by atoms with van der Waals surface area (Å²) in [6.07, 6.45) is 4.39. The molecule has 18 heavy (non-hydrogen) atoms. The van der Waals surface area contributed by atoms with Gasteiger partial charge in [-0.15, -0.1) is 0 Å². The van der Waals surface area contributed by atoms with E-state index >= 15 is 0 Å². The van der Waals surface area contributed by atoms with Crippen molar-refractivity contribution in [2.45, 2.75) is 45.6 Å². The molecule has 0 bridgehead atoms. The zero-order valence-electron chi connectivity index (χ0n) is 11.6. The minimum atomic E-state index is -0.258. The third-order valence-electron chi connectivity index (χ3n) is 3.51. The van der Waals surface area contributed by atoms with Crippen LogP contribution in [0.3, 0.4) is 0 Å². The highest BCUT2D eigenvalue weighted by Gasteiger charge is 2.21. The molecule has 1 aromatic rings. The van der Waals surface area contributed by atoms with Crippen molar-refractivity contribution in [2.24, 2.45) is 11.7 Å². The largest absolute Gasteiger partial charge is 0.496 e. The highest BCUT2D eigenvalue weighted by molar-refractivity contribution is 5.36. The van der Waals surface area contributed by atoms with Crippen molar-refractivity contribution in [3.8, 4) is 5.75 Å². The van der Waals surface area contributed by atoms with Crippen molar-refractivity contribution >= 4 is 0 Å². The van der Waals surface area contributed by atoms with Crippen LogP contribution in [0.1, 0.15) is 51.1 Å². The number of unbranched alkanes of at least 4 members (excludes halogenated alkanes) is 1. The maximum absolute atomic E-state index is 13.4. The van der Waals surface area contributed by atoms with Gasteiger partial charge in [-0.05, 0) is 30.5 Å². The van der Waals surface area contributed by atoms with Crippen molar-refractivity contribution < 1.29 is 9.13 Å². The quantitative estimate of drug-likeness (QED) is 0.795. The van der Waals surface area contributed by atoms with Crippen LogP contribution in [0, 0.1) is 11.7 Å². The van der Waals surface area contributed by atoms with Crippen LogP contribution < -0.4 is 10.5 Å². The monoisotopic (exact) mass is 253 g/mol. The Labute approximate surface area is 109 Å². The van der Waals surface area contributed by atoms with E-state index in [9.17, 15) is 4.39 Å². The smallest absolute Gasteiger partial charge is 0.123 e. The van der Waals surface area contributed by atoms with Gasteiger partial charge in [-0.2, -0.15) is 0 Å². The van der Waals surface area contributed by atoms with Gasteiger partial charge in [0.1, 0.15) is 11.6 Å². The van der Waals surface area contributed by atoms with Crippen LogP contribution in [0.25, 0.3) is 0 Å². The summed E-state index contributed by atoms with van der Waals surface area (Å²) in [5.41, 5.74) is 7.07. The molecule has 2 N–H and O–H groups in total. The second-order valence-electron chi connectivity index (χ2n) is 4.72. The first-order chi connectivity index (χ1) is 8.63. The van der Waals surface area contributed by atoms with E-state index in [-0.39, 0.29) is 11.9 Å². The SMILES string of the molecule is CCCCC(CC)C(N)c1cc(F)ccc1OC. The molecule has 102 valence electrons. The summed E-state index contributed by atoms with van der Waals surface area (Å²) in [4.78, 5) is 0. The van der Waals surface area contributed by atoms with Crippen LogP contribution in [0.15, 0.2) is 18.2 Å². The van der Waals surface area contributed by atoms with Crippen LogP contribution in [0.4, 0.5) is 4.39 Å². The molecule has 0 aromatic heterocycles. The topological polar surface area (TPSA) is 35.2 Å². The average Bonchev–Trinajstić information content (AvgIpc) is 2.39. The summed E-state index contributed by atoms with van der Waals surface area (Å²) in [6, 6.07) is 4.39.